The first-order chi connectivity index (χ1) is 9.07. The molecule has 0 aliphatic carbocycles. The van der Waals surface area contributed by atoms with Crippen molar-refractivity contribution in [2.75, 3.05) is 25.5 Å². The maximum Gasteiger partial charge on any atom is 0.156 e. The molecule has 0 saturated carbocycles. The van der Waals surface area contributed by atoms with Gasteiger partial charge >= 0.3 is 0 Å². The van der Waals surface area contributed by atoms with E-state index in [1.54, 1.807) is 32.4 Å². The van der Waals surface area contributed by atoms with Crippen molar-refractivity contribution in [1.82, 2.24) is 0 Å². The molecule has 0 aliphatic rings. The molecule has 0 heterocycles. The third-order valence-corrected chi connectivity index (χ3v) is 2.83. The van der Waals surface area contributed by atoms with E-state index in [2.05, 4.69) is 5.43 Å². The van der Waals surface area contributed by atoms with E-state index in [0.717, 1.165) is 12.8 Å². The van der Waals surface area contributed by atoms with Gasteiger partial charge in [-0.1, -0.05) is 38.1 Å². The summed E-state index contributed by atoms with van der Waals surface area (Å²) in [6, 6.07) is 5.02. The largest absolute Gasteiger partial charge is 0.356 e. The van der Waals surface area contributed by atoms with Crippen molar-refractivity contribution in [2.45, 2.75) is 34.0 Å². The first-order valence-corrected chi connectivity index (χ1v) is 6.90. The summed E-state index contributed by atoms with van der Waals surface area (Å²) in [5.74, 6) is 5.79. The van der Waals surface area contributed by atoms with Gasteiger partial charge in [-0.15, -0.1) is 24.0 Å². The second-order valence-corrected chi connectivity index (χ2v) is 4.79. The average molecular weight is 398 g/mol. The summed E-state index contributed by atoms with van der Waals surface area (Å²) in [7, 11) is 3.25. The van der Waals surface area contributed by atoms with Gasteiger partial charge in [0.1, 0.15) is 0 Å². The lowest BCUT2D eigenvalue weighted by atomic mass is 10.3. The molecule has 1 aromatic carbocycles. The topological polar surface area (TPSA) is 56.5 Å². The third kappa shape index (κ3) is 15.0. The zero-order valence-corrected chi connectivity index (χ0v) is 14.5. The van der Waals surface area contributed by atoms with Gasteiger partial charge in [0.15, 0.2) is 6.29 Å². The summed E-state index contributed by atoms with van der Waals surface area (Å²) in [6.45, 7) is 0. The van der Waals surface area contributed by atoms with Crippen molar-refractivity contribution in [3.63, 3.8) is 0 Å². The molecule has 0 radical (unpaired) electrons. The number of halogens is 4. The second-order valence-electron chi connectivity index (χ2n) is 3.53. The smallest absolute Gasteiger partial charge is 0.156 e. The quantitative estimate of drug-likeness (QED) is 0.284. The molecule has 1 rings (SSSR count). The first-order valence-electron chi connectivity index (χ1n) is 5.61. The van der Waals surface area contributed by atoms with Gasteiger partial charge in [-0.05, 0) is 31.0 Å². The van der Waals surface area contributed by atoms with Crippen molar-refractivity contribution >= 4 is 52.9 Å². The van der Waals surface area contributed by atoms with Crippen LogP contribution < -0.4 is 11.3 Å². The lowest BCUT2D eigenvalue weighted by Gasteiger charge is -2.11. The molecule has 3 N–H and O–H groups in total. The molecular formula is C14H28Cl4N2O2. The summed E-state index contributed by atoms with van der Waals surface area (Å²) in [6.07, 6.45) is 1.73. The van der Waals surface area contributed by atoms with E-state index in [1.807, 2.05) is 0 Å². The van der Waals surface area contributed by atoms with Crippen molar-refractivity contribution < 1.29 is 9.47 Å². The van der Waals surface area contributed by atoms with E-state index >= 15 is 0 Å². The average Bonchev–Trinajstić information content (AvgIpc) is 2.39. The highest BCUT2D eigenvalue weighted by molar-refractivity contribution is 6.35. The minimum absolute atomic E-state index is 0. The Morgan fingerprint density at radius 1 is 1.09 bits per heavy atom. The number of nitrogen functional groups attached to an aromatic ring is 1. The van der Waals surface area contributed by atoms with Gasteiger partial charge in [0, 0.05) is 30.1 Å². The number of ether oxygens (including phenoxy) is 2. The zero-order valence-electron chi connectivity index (χ0n) is 11.4. The van der Waals surface area contributed by atoms with Crippen LogP contribution >= 0.6 is 47.2 Å². The summed E-state index contributed by atoms with van der Waals surface area (Å²) in [5, 5.41) is 1.14. The SMILES string of the molecule is C.C.COC(CCCCl)OC.Cl.NNc1cc(Cl)cc(Cl)c1. The maximum absolute atomic E-state index is 5.65. The van der Waals surface area contributed by atoms with E-state index < -0.39 is 0 Å². The number of hydrogen-bond acceptors (Lipinski definition) is 4. The first kappa shape index (κ1) is 30.0. The molecule has 0 saturated heterocycles. The molecule has 0 bridgehead atoms. The highest BCUT2D eigenvalue weighted by Gasteiger charge is 2.01. The van der Waals surface area contributed by atoms with Crippen molar-refractivity contribution in [3.8, 4) is 0 Å². The van der Waals surface area contributed by atoms with Crippen LogP contribution in [0.25, 0.3) is 0 Å². The molecule has 0 aliphatic heterocycles. The summed E-state index contributed by atoms with van der Waals surface area (Å²) in [4.78, 5) is 0. The van der Waals surface area contributed by atoms with Gasteiger partial charge in [-0.2, -0.15) is 0 Å². The fraction of sp³-hybridized carbons (Fsp3) is 0.571. The van der Waals surface area contributed by atoms with E-state index in [1.165, 1.54) is 0 Å². The van der Waals surface area contributed by atoms with E-state index in [9.17, 15) is 0 Å². The highest BCUT2D eigenvalue weighted by atomic mass is 35.5. The predicted molar refractivity (Wildman–Crippen MR) is 103 cm³/mol. The number of methoxy groups -OCH3 is 2. The molecule has 22 heavy (non-hydrogen) atoms. The number of benzene rings is 1. The summed E-state index contributed by atoms with van der Waals surface area (Å²) < 4.78 is 9.84. The number of hydrogen-bond donors (Lipinski definition) is 2. The minimum Gasteiger partial charge on any atom is -0.356 e. The number of anilines is 1. The Kier molecular flexibility index (Phi) is 26.1. The highest BCUT2D eigenvalue weighted by Crippen LogP contribution is 2.21. The lowest BCUT2D eigenvalue weighted by Crippen LogP contribution is -2.12. The minimum atomic E-state index is -0.0799. The molecule has 0 fully saturated rings. The molecule has 0 amide bonds. The van der Waals surface area contributed by atoms with Gasteiger partial charge < -0.3 is 14.9 Å². The normalized spacial score (nSPS) is 8.68. The standard InChI is InChI=1S/C6H6Cl2N2.C6H13ClO2.2CH4.ClH/c7-4-1-5(8)3-6(2-4)10-9;1-8-6(9-2)4-3-5-7;;;/h1-3,10H,9H2;6H,3-5H2,1-2H3;2*1H4;1H. The van der Waals surface area contributed by atoms with Crippen LogP contribution in [0.3, 0.4) is 0 Å². The molecule has 1 aromatic rings. The lowest BCUT2D eigenvalue weighted by molar-refractivity contribution is -0.106. The van der Waals surface area contributed by atoms with Crippen LogP contribution in [0, 0.1) is 0 Å². The number of nitrogens with one attached hydrogen (secondary N) is 1. The zero-order chi connectivity index (χ0) is 14.7. The van der Waals surface area contributed by atoms with Crippen molar-refractivity contribution in [3.05, 3.63) is 28.2 Å². The van der Waals surface area contributed by atoms with Crippen LogP contribution in [0.4, 0.5) is 5.69 Å². The monoisotopic (exact) mass is 396 g/mol. The molecule has 0 unspecified atom stereocenters. The van der Waals surface area contributed by atoms with E-state index in [0.29, 0.717) is 21.6 Å². The Balaban J connectivity index is -0.000000130. The van der Waals surface area contributed by atoms with Gasteiger partial charge in [-0.25, -0.2) is 0 Å². The molecule has 4 nitrogen and oxygen atoms in total. The van der Waals surface area contributed by atoms with Crippen LogP contribution in [0.1, 0.15) is 27.7 Å². The number of rotatable bonds is 6. The Hall–Kier alpha value is 0.0600. The molecule has 0 spiro atoms. The van der Waals surface area contributed by atoms with E-state index in [-0.39, 0.29) is 33.6 Å². The second kappa shape index (κ2) is 19.1. The molecule has 8 heteroatoms. The molecule has 0 aromatic heterocycles. The van der Waals surface area contributed by atoms with Crippen LogP contribution in [-0.4, -0.2) is 26.4 Å². The Morgan fingerprint density at radius 3 is 1.86 bits per heavy atom. The fourth-order valence-corrected chi connectivity index (χ4v) is 1.89. The van der Waals surface area contributed by atoms with Gasteiger partial charge in [0.05, 0.1) is 5.69 Å². The summed E-state index contributed by atoms with van der Waals surface area (Å²) >= 11 is 16.7. The van der Waals surface area contributed by atoms with E-state index in [4.69, 9.17) is 50.1 Å². The van der Waals surface area contributed by atoms with Crippen LogP contribution in [0.2, 0.25) is 10.0 Å². The van der Waals surface area contributed by atoms with Crippen LogP contribution in [0.5, 0.6) is 0 Å². The number of hydrazine groups is 1. The fourth-order valence-electron chi connectivity index (χ4n) is 1.21. The maximum atomic E-state index is 5.65. The van der Waals surface area contributed by atoms with Crippen molar-refractivity contribution in [2.24, 2.45) is 5.84 Å². The van der Waals surface area contributed by atoms with Crippen LogP contribution in [0.15, 0.2) is 18.2 Å². The van der Waals surface area contributed by atoms with Gasteiger partial charge in [0.25, 0.3) is 0 Å². The Morgan fingerprint density at radius 2 is 1.55 bits per heavy atom. The van der Waals surface area contributed by atoms with Crippen LogP contribution in [-0.2, 0) is 9.47 Å². The van der Waals surface area contributed by atoms with Gasteiger partial charge in [-0.3, -0.25) is 5.84 Å². The van der Waals surface area contributed by atoms with Crippen molar-refractivity contribution in [1.29, 1.82) is 0 Å². The molecular weight excluding hydrogens is 370 g/mol. The molecule has 0 atom stereocenters. The Bertz CT molecular complexity index is 333. The number of nitrogens with two attached hydrogens (primary N) is 1. The Labute approximate surface area is 156 Å². The van der Waals surface area contributed by atoms with Gasteiger partial charge in [0.2, 0.25) is 0 Å². The number of alkyl halides is 1. The predicted octanol–water partition coefficient (Wildman–Crippen LogP) is 5.60. The molecule has 134 valence electrons. The summed E-state index contributed by atoms with van der Waals surface area (Å²) in [5.41, 5.74) is 3.15. The third-order valence-electron chi connectivity index (χ3n) is 2.13.